The molecular formula is C22H24Cl2N6. The quantitative estimate of drug-likeness (QED) is 0.489. The van der Waals surface area contributed by atoms with Crippen LogP contribution in [0.25, 0.3) is 11.3 Å². The lowest BCUT2D eigenvalue weighted by atomic mass is 9.92. The first kappa shape index (κ1) is 20.8. The number of anilines is 2. The van der Waals surface area contributed by atoms with Crippen LogP contribution in [0.15, 0.2) is 48.8 Å². The van der Waals surface area contributed by atoms with E-state index in [-0.39, 0.29) is 0 Å². The molecule has 2 heterocycles. The topological polar surface area (TPSA) is 88.8 Å². The van der Waals surface area contributed by atoms with Crippen molar-refractivity contribution in [2.24, 2.45) is 5.73 Å². The average Bonchev–Trinajstić information content (AvgIpc) is 2.75. The van der Waals surface area contributed by atoms with E-state index in [1.807, 2.05) is 36.4 Å². The van der Waals surface area contributed by atoms with Crippen molar-refractivity contribution in [2.75, 3.05) is 10.6 Å². The Hall–Kier alpha value is -2.41. The van der Waals surface area contributed by atoms with Gasteiger partial charge in [-0.1, -0.05) is 35.3 Å². The Morgan fingerprint density at radius 3 is 2.67 bits per heavy atom. The average molecular weight is 443 g/mol. The molecule has 1 fully saturated rings. The third kappa shape index (κ3) is 5.39. The lowest BCUT2D eigenvalue weighted by Gasteiger charge is -2.26. The summed E-state index contributed by atoms with van der Waals surface area (Å²) >= 11 is 12.5. The Kier molecular flexibility index (Phi) is 6.67. The number of nitrogens with one attached hydrogen (secondary N) is 2. The highest BCUT2D eigenvalue weighted by atomic mass is 35.5. The molecule has 1 saturated carbocycles. The molecule has 0 radical (unpaired) electrons. The first-order chi connectivity index (χ1) is 14.6. The molecule has 0 unspecified atom stereocenters. The van der Waals surface area contributed by atoms with E-state index in [1.54, 1.807) is 12.4 Å². The summed E-state index contributed by atoms with van der Waals surface area (Å²) in [6.07, 6.45) is 7.46. The normalized spacial score (nSPS) is 18.8. The van der Waals surface area contributed by atoms with Crippen LogP contribution in [0.2, 0.25) is 10.0 Å². The van der Waals surface area contributed by atoms with E-state index in [1.165, 1.54) is 0 Å². The van der Waals surface area contributed by atoms with Gasteiger partial charge in [-0.05, 0) is 55.5 Å². The standard InChI is InChI=1S/C22H24Cl2N6/c23-16-3-1-2-14(10-16)12-27-20-11-15(8-9-26-20)21-19(24)13-28-22(30-21)29-18-6-4-17(25)5-7-18/h1-3,8-11,13,17-18H,4-7,12,25H2,(H,26,27)(H,28,29,30). The Labute approximate surface area is 186 Å². The zero-order valence-electron chi connectivity index (χ0n) is 16.5. The van der Waals surface area contributed by atoms with Crippen LogP contribution in [0.4, 0.5) is 11.8 Å². The number of hydrogen-bond donors (Lipinski definition) is 3. The SMILES string of the molecule is NC1CCC(Nc2ncc(Cl)c(-c3ccnc(NCc4cccc(Cl)c4)c3)n2)CC1. The van der Waals surface area contributed by atoms with E-state index in [9.17, 15) is 0 Å². The fourth-order valence-electron chi connectivity index (χ4n) is 3.60. The van der Waals surface area contributed by atoms with Gasteiger partial charge in [0.05, 0.1) is 16.9 Å². The highest BCUT2D eigenvalue weighted by Gasteiger charge is 2.19. The van der Waals surface area contributed by atoms with E-state index in [4.69, 9.17) is 28.9 Å². The van der Waals surface area contributed by atoms with Crippen molar-refractivity contribution in [3.05, 3.63) is 64.4 Å². The van der Waals surface area contributed by atoms with Gasteiger partial charge in [-0.2, -0.15) is 0 Å². The molecule has 6 nitrogen and oxygen atoms in total. The van der Waals surface area contributed by atoms with E-state index >= 15 is 0 Å². The van der Waals surface area contributed by atoms with Crippen molar-refractivity contribution in [3.63, 3.8) is 0 Å². The van der Waals surface area contributed by atoms with Crippen LogP contribution in [-0.2, 0) is 6.54 Å². The van der Waals surface area contributed by atoms with Crippen LogP contribution in [0.5, 0.6) is 0 Å². The predicted molar refractivity (Wildman–Crippen MR) is 123 cm³/mol. The monoisotopic (exact) mass is 442 g/mol. The minimum absolute atomic E-state index is 0.305. The van der Waals surface area contributed by atoms with E-state index in [0.717, 1.165) is 42.6 Å². The molecule has 0 spiro atoms. The van der Waals surface area contributed by atoms with Gasteiger partial charge in [0.25, 0.3) is 0 Å². The molecule has 4 rings (SSSR count). The maximum absolute atomic E-state index is 6.41. The molecule has 3 aromatic rings. The highest BCUT2D eigenvalue weighted by molar-refractivity contribution is 6.33. The van der Waals surface area contributed by atoms with Gasteiger partial charge >= 0.3 is 0 Å². The molecule has 0 bridgehead atoms. The van der Waals surface area contributed by atoms with Crippen LogP contribution in [0.3, 0.4) is 0 Å². The first-order valence-corrected chi connectivity index (χ1v) is 10.8. The van der Waals surface area contributed by atoms with Crippen LogP contribution < -0.4 is 16.4 Å². The fraction of sp³-hybridized carbons (Fsp3) is 0.318. The third-order valence-electron chi connectivity index (χ3n) is 5.25. The van der Waals surface area contributed by atoms with Gasteiger partial charge in [-0.15, -0.1) is 0 Å². The second-order valence-electron chi connectivity index (χ2n) is 7.56. The number of pyridine rings is 1. The van der Waals surface area contributed by atoms with Crippen molar-refractivity contribution in [2.45, 2.75) is 44.3 Å². The number of nitrogens with zero attached hydrogens (tertiary/aromatic N) is 3. The molecule has 4 N–H and O–H groups in total. The molecule has 156 valence electrons. The summed E-state index contributed by atoms with van der Waals surface area (Å²) in [6, 6.07) is 12.2. The fourth-order valence-corrected chi connectivity index (χ4v) is 4.01. The van der Waals surface area contributed by atoms with Gasteiger partial charge in [0.2, 0.25) is 5.95 Å². The van der Waals surface area contributed by atoms with Gasteiger partial charge in [0, 0.05) is 35.4 Å². The number of halogens is 2. The molecule has 1 aliphatic rings. The summed E-state index contributed by atoms with van der Waals surface area (Å²) < 4.78 is 0. The third-order valence-corrected chi connectivity index (χ3v) is 5.76. The minimum Gasteiger partial charge on any atom is -0.366 e. The lowest BCUT2D eigenvalue weighted by molar-refractivity contribution is 0.410. The summed E-state index contributed by atoms with van der Waals surface area (Å²) in [5.74, 6) is 1.32. The van der Waals surface area contributed by atoms with Crippen molar-refractivity contribution >= 4 is 35.0 Å². The second kappa shape index (κ2) is 9.60. The van der Waals surface area contributed by atoms with E-state index in [0.29, 0.717) is 40.3 Å². The Morgan fingerprint density at radius 1 is 1.03 bits per heavy atom. The number of rotatable bonds is 6. The van der Waals surface area contributed by atoms with Crippen LogP contribution >= 0.6 is 23.2 Å². The number of benzene rings is 1. The number of hydrogen-bond acceptors (Lipinski definition) is 6. The summed E-state index contributed by atoms with van der Waals surface area (Å²) in [5.41, 5.74) is 8.63. The zero-order valence-corrected chi connectivity index (χ0v) is 18.0. The van der Waals surface area contributed by atoms with Gasteiger partial charge in [-0.3, -0.25) is 0 Å². The summed E-state index contributed by atoms with van der Waals surface area (Å²) in [6.45, 7) is 0.616. The molecule has 30 heavy (non-hydrogen) atoms. The van der Waals surface area contributed by atoms with Gasteiger partial charge in [0.1, 0.15) is 5.82 Å². The summed E-state index contributed by atoms with van der Waals surface area (Å²) in [7, 11) is 0. The number of nitrogens with two attached hydrogens (primary N) is 1. The molecule has 0 atom stereocenters. The van der Waals surface area contributed by atoms with Gasteiger partial charge in [-0.25, -0.2) is 15.0 Å². The Balaban J connectivity index is 1.48. The lowest BCUT2D eigenvalue weighted by Crippen LogP contribution is -2.33. The minimum atomic E-state index is 0.305. The zero-order chi connectivity index (χ0) is 20.9. The molecule has 0 saturated heterocycles. The van der Waals surface area contributed by atoms with Crippen LogP contribution in [0.1, 0.15) is 31.2 Å². The second-order valence-corrected chi connectivity index (χ2v) is 8.40. The maximum Gasteiger partial charge on any atom is 0.223 e. The summed E-state index contributed by atoms with van der Waals surface area (Å²) in [5, 5.41) is 7.95. The van der Waals surface area contributed by atoms with Crippen molar-refractivity contribution in [1.82, 2.24) is 15.0 Å². The molecule has 2 aromatic heterocycles. The predicted octanol–water partition coefficient (Wildman–Crippen LogP) is 5.14. The van der Waals surface area contributed by atoms with Crippen LogP contribution in [-0.4, -0.2) is 27.0 Å². The maximum atomic E-state index is 6.41. The van der Waals surface area contributed by atoms with E-state index < -0.39 is 0 Å². The number of aromatic nitrogens is 3. The van der Waals surface area contributed by atoms with Gasteiger partial charge in [0.15, 0.2) is 0 Å². The van der Waals surface area contributed by atoms with Crippen molar-refractivity contribution < 1.29 is 0 Å². The van der Waals surface area contributed by atoms with Crippen molar-refractivity contribution in [1.29, 1.82) is 0 Å². The largest absolute Gasteiger partial charge is 0.366 e. The molecular weight excluding hydrogens is 419 g/mol. The Bertz CT molecular complexity index is 1000. The van der Waals surface area contributed by atoms with Gasteiger partial charge < -0.3 is 16.4 Å². The molecule has 0 amide bonds. The molecule has 1 aliphatic carbocycles. The van der Waals surface area contributed by atoms with E-state index in [2.05, 4.69) is 25.6 Å². The first-order valence-electron chi connectivity index (χ1n) is 10.1. The molecule has 8 heteroatoms. The molecule has 0 aliphatic heterocycles. The van der Waals surface area contributed by atoms with Crippen LogP contribution in [0, 0.1) is 0 Å². The highest BCUT2D eigenvalue weighted by Crippen LogP contribution is 2.28. The molecule has 1 aromatic carbocycles. The smallest absolute Gasteiger partial charge is 0.223 e. The summed E-state index contributed by atoms with van der Waals surface area (Å²) in [4.78, 5) is 13.4. The van der Waals surface area contributed by atoms with Crippen molar-refractivity contribution in [3.8, 4) is 11.3 Å². The Morgan fingerprint density at radius 2 is 1.87 bits per heavy atom.